The topological polar surface area (TPSA) is 133 Å². The number of benzene rings is 1. The van der Waals surface area contributed by atoms with Crippen molar-refractivity contribution in [2.24, 2.45) is 56.2 Å². The van der Waals surface area contributed by atoms with Crippen molar-refractivity contribution < 1.29 is 34.4 Å². The van der Waals surface area contributed by atoms with E-state index in [4.69, 9.17) is 4.74 Å². The second-order valence-electron chi connectivity index (χ2n) is 20.2. The van der Waals surface area contributed by atoms with E-state index in [0.717, 1.165) is 68.9 Å². The first-order chi connectivity index (χ1) is 24.6. The minimum atomic E-state index is -1.17. The van der Waals surface area contributed by atoms with E-state index in [1.165, 1.54) is 5.57 Å². The highest BCUT2D eigenvalue weighted by molar-refractivity contribution is 6.00. The van der Waals surface area contributed by atoms with Crippen LogP contribution in [0.5, 0.6) is 5.75 Å². The molecule has 1 aromatic rings. The van der Waals surface area contributed by atoms with Crippen LogP contribution in [0.3, 0.4) is 0 Å². The number of ketones is 1. The van der Waals surface area contributed by atoms with Gasteiger partial charge in [0.1, 0.15) is 11.9 Å². The van der Waals surface area contributed by atoms with Gasteiger partial charge < -0.3 is 25.4 Å². The summed E-state index contributed by atoms with van der Waals surface area (Å²) < 4.78 is 6.16. The van der Waals surface area contributed by atoms with Crippen molar-refractivity contribution in [3.05, 3.63) is 41.0 Å². The maximum absolute atomic E-state index is 14.0. The molecule has 0 amide bonds. The van der Waals surface area contributed by atoms with Crippen molar-refractivity contribution in [2.45, 2.75) is 145 Å². The van der Waals surface area contributed by atoms with Gasteiger partial charge in [0, 0.05) is 23.8 Å². The minimum absolute atomic E-state index is 0.0185. The van der Waals surface area contributed by atoms with Crippen LogP contribution in [0.15, 0.2) is 35.4 Å². The summed E-state index contributed by atoms with van der Waals surface area (Å²) in [7, 11) is 0. The molecule has 5 aliphatic carbocycles. The molecule has 4 fully saturated rings. The van der Waals surface area contributed by atoms with E-state index in [1.807, 2.05) is 12.1 Å². The van der Waals surface area contributed by atoms with Gasteiger partial charge in [0.2, 0.25) is 0 Å². The van der Waals surface area contributed by atoms with E-state index in [9.17, 15) is 29.7 Å². The molecule has 8 nitrogen and oxygen atoms in total. The third kappa shape index (κ3) is 6.39. The molecule has 0 bridgehead atoms. The normalized spacial score (nSPS) is 37.0. The molecule has 0 aromatic heterocycles. The molecule has 4 saturated carbocycles. The van der Waals surface area contributed by atoms with Gasteiger partial charge in [-0.2, -0.15) is 0 Å². The van der Waals surface area contributed by atoms with E-state index in [2.05, 4.69) is 53.8 Å². The first kappa shape index (κ1) is 40.0. The largest absolute Gasteiger partial charge is 0.508 e. The molecular formula is C45H67NO7. The monoisotopic (exact) mass is 733 g/mol. The number of carboxylic acid groups (broad SMARTS) is 1. The molecule has 0 aliphatic heterocycles. The van der Waals surface area contributed by atoms with Crippen LogP contribution < -0.4 is 5.32 Å². The van der Waals surface area contributed by atoms with Crippen LogP contribution in [0.4, 0.5) is 0 Å². The highest BCUT2D eigenvalue weighted by Gasteiger charge is 2.70. The number of hydrogen-bond acceptors (Lipinski definition) is 7. The van der Waals surface area contributed by atoms with Crippen LogP contribution in [0, 0.1) is 56.2 Å². The van der Waals surface area contributed by atoms with E-state index < -0.39 is 28.9 Å². The Morgan fingerprint density at radius 2 is 1.60 bits per heavy atom. The Labute approximate surface area is 317 Å². The molecular weight excluding hydrogens is 666 g/mol. The third-order valence-corrected chi connectivity index (χ3v) is 16.4. The number of fused-ring (bicyclic) bond motifs is 7. The highest BCUT2D eigenvalue weighted by atomic mass is 16.5. The van der Waals surface area contributed by atoms with E-state index in [1.54, 1.807) is 26.0 Å². The van der Waals surface area contributed by atoms with Gasteiger partial charge in [-0.1, -0.05) is 66.2 Å². The number of esters is 1. The smallest absolute Gasteiger partial charge is 0.309 e. The van der Waals surface area contributed by atoms with Crippen molar-refractivity contribution in [3.63, 3.8) is 0 Å². The van der Waals surface area contributed by atoms with Crippen molar-refractivity contribution in [2.75, 3.05) is 13.1 Å². The van der Waals surface area contributed by atoms with Gasteiger partial charge in [0.05, 0.1) is 17.9 Å². The molecule has 5 aliphatic rings. The number of carbonyl (C=O) groups is 3. The van der Waals surface area contributed by atoms with Gasteiger partial charge in [0.25, 0.3) is 0 Å². The number of aromatic hydroxyl groups is 1. The second-order valence-corrected chi connectivity index (χ2v) is 20.2. The number of allylic oxidation sites excluding steroid dienone is 1. The zero-order chi connectivity index (χ0) is 38.9. The number of hydrogen-bond donors (Lipinski definition) is 4. The van der Waals surface area contributed by atoms with E-state index in [0.29, 0.717) is 31.3 Å². The average molecular weight is 734 g/mol. The third-order valence-electron chi connectivity index (χ3n) is 16.4. The summed E-state index contributed by atoms with van der Waals surface area (Å²) in [5.41, 5.74) is 1.54. The van der Waals surface area contributed by atoms with E-state index in [-0.39, 0.29) is 57.6 Å². The fourth-order valence-corrected chi connectivity index (χ4v) is 13.2. The molecule has 294 valence electrons. The van der Waals surface area contributed by atoms with Crippen LogP contribution in [-0.2, 0) is 25.5 Å². The molecule has 0 heterocycles. The fraction of sp³-hybridized carbons (Fsp3) is 0.756. The number of carbonyl (C=O) groups excluding carboxylic acids is 2. The lowest BCUT2D eigenvalue weighted by atomic mass is 9.33. The number of carboxylic acids is 1. The fourth-order valence-electron chi connectivity index (χ4n) is 13.2. The van der Waals surface area contributed by atoms with Crippen molar-refractivity contribution in [3.8, 4) is 5.75 Å². The summed E-state index contributed by atoms with van der Waals surface area (Å²) in [4.78, 5) is 38.9. The molecule has 0 saturated heterocycles. The number of aliphatic hydroxyl groups excluding tert-OH is 1. The van der Waals surface area contributed by atoms with Crippen molar-refractivity contribution in [1.82, 2.24) is 5.32 Å². The number of Topliss-reactive ketones (excluding diaryl/α,β-unsaturated/α-hetero) is 1. The quantitative estimate of drug-likeness (QED) is 0.132. The molecule has 1 aromatic carbocycles. The number of rotatable bonds is 11. The first-order valence-electron chi connectivity index (χ1n) is 20.5. The Kier molecular flexibility index (Phi) is 10.4. The number of nitrogens with one attached hydrogen (secondary N) is 1. The Balaban J connectivity index is 1.23. The molecule has 4 N–H and O–H groups in total. The summed E-state index contributed by atoms with van der Waals surface area (Å²) in [6, 6.07) is 7.26. The van der Waals surface area contributed by atoms with Crippen LogP contribution in [-0.4, -0.2) is 58.3 Å². The number of ether oxygens (including phenoxy) is 1. The number of phenolic OH excluding ortho intramolecular Hbond substituents is 1. The molecule has 9 unspecified atom stereocenters. The maximum atomic E-state index is 14.0. The highest BCUT2D eigenvalue weighted by Crippen LogP contribution is 2.77. The van der Waals surface area contributed by atoms with Crippen LogP contribution in [0.2, 0.25) is 0 Å². The Hall–Kier alpha value is -2.71. The zero-order valence-corrected chi connectivity index (χ0v) is 33.9. The summed E-state index contributed by atoms with van der Waals surface area (Å²) >= 11 is 0. The van der Waals surface area contributed by atoms with Gasteiger partial charge in [-0.05, 0) is 141 Å². The van der Waals surface area contributed by atoms with Gasteiger partial charge in [-0.25, -0.2) is 0 Å². The number of aliphatic hydroxyl groups is 1. The molecule has 8 heteroatoms. The SMILES string of the molecule is CC(C)C1=C2C3CCC4C5(C)CCC(OC(=O)CC(C)(C)C(=O)O)C(C)(C)C5CCC4(C)C3(C)CCC2(C(O)CNCCc2ccc(O)cc2)CC1=O. The summed E-state index contributed by atoms with van der Waals surface area (Å²) in [6.45, 7) is 20.7. The van der Waals surface area contributed by atoms with E-state index >= 15 is 0 Å². The van der Waals surface area contributed by atoms with Crippen molar-refractivity contribution in [1.29, 1.82) is 0 Å². The predicted octanol–water partition coefficient (Wildman–Crippen LogP) is 8.28. The lowest BCUT2D eigenvalue weighted by molar-refractivity contribution is -0.235. The standard InChI is InChI=1S/C45H67NO7/c1-27(2)37-31(48)24-45(34(49)26-46-23-18-28-10-12-29(47)13-11-28)22-21-43(8)30(38(37)45)14-15-33-42(7)19-17-35(53-36(50)25-40(3,4)39(51)52)41(5,6)32(42)16-20-44(33,43)9/h10-13,27,30,32-35,46-47,49H,14-26H2,1-9H3,(H,51,52). The molecule has 0 radical (unpaired) electrons. The molecule has 0 spiro atoms. The molecule has 9 atom stereocenters. The number of aliphatic carboxylic acids is 1. The van der Waals surface area contributed by atoms with Crippen molar-refractivity contribution >= 4 is 17.7 Å². The van der Waals surface area contributed by atoms with Gasteiger partial charge in [-0.3, -0.25) is 14.4 Å². The van der Waals surface area contributed by atoms with Gasteiger partial charge in [0.15, 0.2) is 5.78 Å². The number of phenols is 1. The van der Waals surface area contributed by atoms with Gasteiger partial charge in [-0.15, -0.1) is 0 Å². The molecule has 6 rings (SSSR count). The van der Waals surface area contributed by atoms with Crippen LogP contribution in [0.25, 0.3) is 0 Å². The maximum Gasteiger partial charge on any atom is 0.309 e. The predicted molar refractivity (Wildman–Crippen MR) is 206 cm³/mol. The van der Waals surface area contributed by atoms with Crippen LogP contribution >= 0.6 is 0 Å². The Bertz CT molecular complexity index is 1630. The summed E-state index contributed by atoms with van der Waals surface area (Å²) in [5, 5.41) is 34.9. The summed E-state index contributed by atoms with van der Waals surface area (Å²) in [6.07, 6.45) is 7.93. The average Bonchev–Trinajstić information content (AvgIpc) is 3.38. The lowest BCUT2D eigenvalue weighted by Gasteiger charge is -2.72. The van der Waals surface area contributed by atoms with Gasteiger partial charge >= 0.3 is 11.9 Å². The summed E-state index contributed by atoms with van der Waals surface area (Å²) in [5.74, 6) is 0.267. The Morgan fingerprint density at radius 3 is 2.25 bits per heavy atom. The molecule has 53 heavy (non-hydrogen) atoms. The second kappa shape index (κ2) is 13.8. The lowest BCUT2D eigenvalue weighted by Crippen LogP contribution is -2.66. The minimum Gasteiger partial charge on any atom is -0.508 e. The zero-order valence-electron chi connectivity index (χ0n) is 33.9. The Morgan fingerprint density at radius 1 is 0.925 bits per heavy atom. The van der Waals surface area contributed by atoms with Crippen LogP contribution in [0.1, 0.15) is 132 Å². The first-order valence-corrected chi connectivity index (χ1v) is 20.5.